The number of hydrogen-bond donors (Lipinski definition) is 1. The van der Waals surface area contributed by atoms with Gasteiger partial charge < -0.3 is 14.4 Å². The van der Waals surface area contributed by atoms with E-state index in [1.165, 1.54) is 13.3 Å². The van der Waals surface area contributed by atoms with Crippen LogP contribution in [0.5, 0.6) is 0 Å². The fourth-order valence-corrected chi connectivity index (χ4v) is 0.988. The summed E-state index contributed by atoms with van der Waals surface area (Å²) in [6.07, 6.45) is 1.57. The highest BCUT2D eigenvalue weighted by molar-refractivity contribution is 5.82. The molecule has 1 N–H and O–H groups in total. The van der Waals surface area contributed by atoms with E-state index in [0.29, 0.717) is 5.76 Å². The number of carbonyl (C=O) groups is 2. The van der Waals surface area contributed by atoms with Gasteiger partial charge in [0.2, 0.25) is 5.91 Å². The number of nitrogens with zero attached hydrogens (tertiary/aromatic N) is 1. The Kier molecular flexibility index (Phi) is 3.28. The zero-order valence-electron chi connectivity index (χ0n) is 7.77. The van der Waals surface area contributed by atoms with Gasteiger partial charge in [-0.25, -0.2) is 0 Å². The Morgan fingerprint density at radius 2 is 2.29 bits per heavy atom. The van der Waals surface area contributed by atoms with Gasteiger partial charge in [-0.1, -0.05) is 0 Å². The van der Waals surface area contributed by atoms with Crippen molar-refractivity contribution in [3.63, 3.8) is 0 Å². The van der Waals surface area contributed by atoms with Crippen molar-refractivity contribution in [2.24, 2.45) is 0 Å². The summed E-state index contributed by atoms with van der Waals surface area (Å²) in [5.41, 5.74) is 0. The van der Waals surface area contributed by atoms with Crippen LogP contribution in [0.25, 0.3) is 0 Å². The highest BCUT2D eigenvalue weighted by atomic mass is 16.4. The van der Waals surface area contributed by atoms with E-state index in [4.69, 9.17) is 9.52 Å². The first-order valence-electron chi connectivity index (χ1n) is 4.07. The number of amides is 1. The summed E-state index contributed by atoms with van der Waals surface area (Å²) >= 11 is 0. The van der Waals surface area contributed by atoms with Crippen LogP contribution in [-0.2, 0) is 16.0 Å². The molecule has 0 aliphatic rings. The monoisotopic (exact) mass is 197 g/mol. The fourth-order valence-electron chi connectivity index (χ4n) is 0.988. The number of carboxylic acid groups (broad SMARTS) is 1. The minimum absolute atomic E-state index is 0.0940. The predicted molar refractivity (Wildman–Crippen MR) is 47.7 cm³/mol. The van der Waals surface area contributed by atoms with Crippen molar-refractivity contribution in [3.8, 4) is 0 Å². The van der Waals surface area contributed by atoms with E-state index in [0.717, 1.165) is 4.90 Å². The molecule has 0 aromatic carbocycles. The van der Waals surface area contributed by atoms with Gasteiger partial charge in [0.1, 0.15) is 12.3 Å². The maximum absolute atomic E-state index is 11.3. The highest BCUT2D eigenvalue weighted by Gasteiger charge is 2.13. The maximum Gasteiger partial charge on any atom is 0.323 e. The molecule has 0 aliphatic heterocycles. The summed E-state index contributed by atoms with van der Waals surface area (Å²) in [6, 6.07) is 3.35. The lowest BCUT2D eigenvalue weighted by Crippen LogP contribution is -2.32. The van der Waals surface area contributed by atoms with Crippen LogP contribution in [0.2, 0.25) is 0 Å². The van der Waals surface area contributed by atoms with Crippen molar-refractivity contribution < 1.29 is 19.1 Å². The molecule has 0 aliphatic carbocycles. The molecular formula is C9H11NO4. The Hall–Kier alpha value is -1.78. The largest absolute Gasteiger partial charge is 0.480 e. The third-order valence-electron chi connectivity index (χ3n) is 1.70. The van der Waals surface area contributed by atoms with Gasteiger partial charge in [-0.2, -0.15) is 0 Å². The highest BCUT2D eigenvalue weighted by Crippen LogP contribution is 2.02. The second-order valence-electron chi connectivity index (χ2n) is 2.90. The first-order chi connectivity index (χ1) is 6.59. The third-order valence-corrected chi connectivity index (χ3v) is 1.70. The normalized spacial score (nSPS) is 9.79. The minimum Gasteiger partial charge on any atom is -0.480 e. The molecule has 0 saturated carbocycles. The number of aliphatic carboxylic acids is 1. The summed E-state index contributed by atoms with van der Waals surface area (Å²) < 4.78 is 4.96. The van der Waals surface area contributed by atoms with Gasteiger partial charge in [-0.05, 0) is 12.1 Å². The number of likely N-dealkylation sites (N-methyl/N-ethyl adjacent to an activating group) is 1. The molecule has 0 bridgehead atoms. The average Bonchev–Trinajstić information content (AvgIpc) is 2.55. The molecule has 0 saturated heterocycles. The minimum atomic E-state index is -1.03. The van der Waals surface area contributed by atoms with Crippen LogP contribution in [0, 0.1) is 0 Å². The van der Waals surface area contributed by atoms with Gasteiger partial charge >= 0.3 is 5.97 Å². The first-order valence-corrected chi connectivity index (χ1v) is 4.07. The van der Waals surface area contributed by atoms with Crippen LogP contribution < -0.4 is 0 Å². The van der Waals surface area contributed by atoms with E-state index in [1.54, 1.807) is 12.1 Å². The quantitative estimate of drug-likeness (QED) is 0.756. The molecule has 76 valence electrons. The van der Waals surface area contributed by atoms with Crippen LogP contribution in [0.15, 0.2) is 22.8 Å². The predicted octanol–water partition coefficient (Wildman–Crippen LogP) is 0.365. The van der Waals surface area contributed by atoms with Crippen molar-refractivity contribution in [2.45, 2.75) is 6.42 Å². The van der Waals surface area contributed by atoms with Crippen molar-refractivity contribution in [1.82, 2.24) is 4.90 Å². The summed E-state index contributed by atoms with van der Waals surface area (Å²) in [5, 5.41) is 8.44. The molecule has 1 amide bonds. The fraction of sp³-hybridized carbons (Fsp3) is 0.333. The molecule has 14 heavy (non-hydrogen) atoms. The molecule has 0 fully saturated rings. The van der Waals surface area contributed by atoms with Crippen molar-refractivity contribution in [3.05, 3.63) is 24.2 Å². The zero-order chi connectivity index (χ0) is 10.6. The molecule has 1 aromatic rings. The maximum atomic E-state index is 11.3. The van der Waals surface area contributed by atoms with Gasteiger partial charge in [-0.15, -0.1) is 0 Å². The third kappa shape index (κ3) is 2.93. The van der Waals surface area contributed by atoms with Crippen LogP contribution in [-0.4, -0.2) is 35.5 Å². The van der Waals surface area contributed by atoms with Gasteiger partial charge in [0, 0.05) is 7.05 Å². The second-order valence-corrected chi connectivity index (χ2v) is 2.90. The molecular weight excluding hydrogens is 186 g/mol. The Balaban J connectivity index is 2.46. The summed E-state index contributed by atoms with van der Waals surface area (Å²) in [6.45, 7) is -0.292. The topological polar surface area (TPSA) is 70.8 Å². The zero-order valence-corrected chi connectivity index (χ0v) is 7.77. The van der Waals surface area contributed by atoms with E-state index in [-0.39, 0.29) is 18.9 Å². The van der Waals surface area contributed by atoms with Crippen LogP contribution in [0.4, 0.5) is 0 Å². The lowest BCUT2D eigenvalue weighted by molar-refractivity contribution is -0.143. The van der Waals surface area contributed by atoms with E-state index in [2.05, 4.69) is 0 Å². The summed E-state index contributed by atoms with van der Waals surface area (Å²) in [4.78, 5) is 22.8. The molecule has 1 rings (SSSR count). The molecule has 1 aromatic heterocycles. The summed E-state index contributed by atoms with van der Waals surface area (Å²) in [5.74, 6) is -0.769. The van der Waals surface area contributed by atoms with Gasteiger partial charge in [-0.3, -0.25) is 9.59 Å². The number of carbonyl (C=O) groups excluding carboxylic acids is 1. The molecule has 0 spiro atoms. The van der Waals surface area contributed by atoms with Crippen molar-refractivity contribution in [1.29, 1.82) is 0 Å². The Labute approximate surface area is 80.9 Å². The van der Waals surface area contributed by atoms with Crippen LogP contribution in [0.1, 0.15) is 5.76 Å². The van der Waals surface area contributed by atoms with Gasteiger partial charge in [0.15, 0.2) is 0 Å². The smallest absolute Gasteiger partial charge is 0.323 e. The molecule has 1 heterocycles. The van der Waals surface area contributed by atoms with E-state index >= 15 is 0 Å². The molecule has 5 heteroatoms. The van der Waals surface area contributed by atoms with Crippen LogP contribution in [0.3, 0.4) is 0 Å². The second kappa shape index (κ2) is 4.45. The molecule has 0 unspecified atom stereocenters. The van der Waals surface area contributed by atoms with E-state index in [9.17, 15) is 9.59 Å². The summed E-state index contributed by atoms with van der Waals surface area (Å²) in [7, 11) is 1.44. The average molecular weight is 197 g/mol. The Morgan fingerprint density at radius 3 is 2.79 bits per heavy atom. The SMILES string of the molecule is CN(CC(=O)O)C(=O)Cc1ccco1. The van der Waals surface area contributed by atoms with Crippen molar-refractivity contribution in [2.75, 3.05) is 13.6 Å². The molecule has 0 atom stereocenters. The number of hydrogen-bond acceptors (Lipinski definition) is 3. The van der Waals surface area contributed by atoms with Gasteiger partial charge in [0.25, 0.3) is 0 Å². The van der Waals surface area contributed by atoms with Crippen molar-refractivity contribution >= 4 is 11.9 Å². The Bertz CT molecular complexity index is 318. The lowest BCUT2D eigenvalue weighted by atomic mass is 10.3. The number of furan rings is 1. The standard InChI is InChI=1S/C9H11NO4/c1-10(6-9(12)13)8(11)5-7-3-2-4-14-7/h2-4H,5-6H2,1H3,(H,12,13). The number of carboxylic acids is 1. The Morgan fingerprint density at radius 1 is 1.57 bits per heavy atom. The van der Waals surface area contributed by atoms with Gasteiger partial charge in [0.05, 0.1) is 12.7 Å². The lowest BCUT2D eigenvalue weighted by Gasteiger charge is -2.13. The van der Waals surface area contributed by atoms with Crippen LogP contribution >= 0.6 is 0 Å². The first kappa shape index (κ1) is 10.3. The van der Waals surface area contributed by atoms with E-state index < -0.39 is 5.97 Å². The van der Waals surface area contributed by atoms with E-state index in [1.807, 2.05) is 0 Å². The number of rotatable bonds is 4. The molecule has 5 nitrogen and oxygen atoms in total. The molecule has 0 radical (unpaired) electrons.